The normalized spacial score (nSPS) is 10.6. The van der Waals surface area contributed by atoms with Gasteiger partial charge in [0, 0.05) is 12.3 Å². The molecule has 0 aliphatic heterocycles. The predicted molar refractivity (Wildman–Crippen MR) is 139 cm³/mol. The number of H-pyrrole nitrogens is 1. The molecule has 178 valence electrons. The zero-order valence-corrected chi connectivity index (χ0v) is 20.6. The summed E-state index contributed by atoms with van der Waals surface area (Å²) in [6, 6.07) is 11.5. The van der Waals surface area contributed by atoms with Crippen molar-refractivity contribution < 1.29 is 9.84 Å². The van der Waals surface area contributed by atoms with Crippen LogP contribution in [0, 0.1) is 0 Å². The van der Waals surface area contributed by atoms with E-state index in [1.807, 2.05) is 18.2 Å². The first-order valence-corrected chi connectivity index (χ1v) is 11.4. The summed E-state index contributed by atoms with van der Waals surface area (Å²) in [5.74, 6) is 0.134. The van der Waals surface area contributed by atoms with Gasteiger partial charge in [0.25, 0.3) is 0 Å². The number of unbranched alkanes of at least 4 members (excludes halogenated alkanes) is 3. The Bertz CT molecular complexity index is 977. The first-order chi connectivity index (χ1) is 14.6. The summed E-state index contributed by atoms with van der Waals surface area (Å²) < 4.78 is 6.58. The van der Waals surface area contributed by atoms with E-state index in [9.17, 15) is 9.90 Å². The number of benzene rings is 2. The summed E-state index contributed by atoms with van der Waals surface area (Å²) in [4.78, 5) is 14.1. The Balaban J connectivity index is 0.00000256. The van der Waals surface area contributed by atoms with Crippen LogP contribution in [0.25, 0.3) is 10.2 Å². The van der Waals surface area contributed by atoms with E-state index in [4.69, 9.17) is 10.5 Å². The second-order valence-corrected chi connectivity index (χ2v) is 8.46. The van der Waals surface area contributed by atoms with Gasteiger partial charge >= 0.3 is 4.87 Å². The molecule has 5 N–H and O–H groups in total. The van der Waals surface area contributed by atoms with Crippen LogP contribution in [0.5, 0.6) is 5.75 Å². The topological polar surface area (TPSA) is 100 Å². The zero-order chi connectivity index (χ0) is 21.2. The lowest BCUT2D eigenvalue weighted by atomic mass is 10.1. The van der Waals surface area contributed by atoms with Crippen molar-refractivity contribution in [1.82, 2.24) is 10.3 Å². The van der Waals surface area contributed by atoms with Crippen LogP contribution in [-0.2, 0) is 17.6 Å². The van der Waals surface area contributed by atoms with Crippen molar-refractivity contribution in [2.45, 2.75) is 38.5 Å². The quantitative estimate of drug-likeness (QED) is 0.201. The molecule has 0 saturated heterocycles. The Labute approximate surface area is 205 Å². The maximum absolute atomic E-state index is 11.6. The van der Waals surface area contributed by atoms with Crippen molar-refractivity contribution >= 4 is 52.1 Å². The molecule has 0 amide bonds. The highest BCUT2D eigenvalue weighted by Crippen LogP contribution is 2.27. The number of nitrogen functional groups attached to an aromatic ring is 1. The van der Waals surface area contributed by atoms with Gasteiger partial charge in [-0.1, -0.05) is 42.4 Å². The summed E-state index contributed by atoms with van der Waals surface area (Å²) in [5.41, 5.74) is 9.39. The van der Waals surface area contributed by atoms with E-state index in [1.165, 1.54) is 18.4 Å². The summed E-state index contributed by atoms with van der Waals surface area (Å²) >= 11 is 1.16. The molecule has 0 fully saturated rings. The zero-order valence-electron chi connectivity index (χ0n) is 18.1. The molecule has 0 radical (unpaired) electrons. The minimum atomic E-state index is -0.130. The summed E-state index contributed by atoms with van der Waals surface area (Å²) in [6.45, 7) is 3.42. The van der Waals surface area contributed by atoms with Crippen LogP contribution in [0.4, 0.5) is 5.69 Å². The number of hydrogen-bond donors (Lipinski definition) is 4. The van der Waals surface area contributed by atoms with Gasteiger partial charge in [0.15, 0.2) is 0 Å². The number of ether oxygens (including phenoxy) is 1. The average Bonchev–Trinajstić information content (AvgIpc) is 3.14. The first kappa shape index (κ1) is 28.3. The molecule has 3 rings (SSSR count). The third-order valence-corrected chi connectivity index (χ3v) is 6.08. The number of aromatic nitrogens is 1. The molecule has 0 unspecified atom stereocenters. The summed E-state index contributed by atoms with van der Waals surface area (Å²) in [6.07, 6.45) is 6.38. The van der Waals surface area contributed by atoms with Gasteiger partial charge < -0.3 is 25.9 Å². The Hall–Kier alpha value is -1.77. The fourth-order valence-corrected chi connectivity index (χ4v) is 4.30. The number of rotatable bonds is 13. The van der Waals surface area contributed by atoms with E-state index in [1.54, 1.807) is 6.07 Å². The van der Waals surface area contributed by atoms with Crippen molar-refractivity contribution in [3.05, 3.63) is 57.2 Å². The van der Waals surface area contributed by atoms with Crippen LogP contribution in [-0.4, -0.2) is 36.4 Å². The summed E-state index contributed by atoms with van der Waals surface area (Å²) in [5, 5.41) is 13.3. The lowest BCUT2D eigenvalue weighted by Gasteiger charge is -2.07. The molecule has 2 aromatic carbocycles. The van der Waals surface area contributed by atoms with Crippen molar-refractivity contribution in [2.24, 2.45) is 0 Å². The standard InChI is InChI=1S/C23H31N3O3S.2ClH/c24-19-8-5-17(6-9-19)12-16-29-15-4-2-1-3-13-25-14-11-18-7-10-20(27)21-22(18)30-23(28)26-21;;/h5-10,25,27H,1-4,11-16,24H2,(H,26,28);2*1H. The molecule has 0 aliphatic rings. The summed E-state index contributed by atoms with van der Waals surface area (Å²) in [7, 11) is 0. The predicted octanol–water partition coefficient (Wildman–Crippen LogP) is 4.67. The van der Waals surface area contributed by atoms with E-state index < -0.39 is 0 Å². The van der Waals surface area contributed by atoms with Crippen molar-refractivity contribution in [3.63, 3.8) is 0 Å². The second-order valence-electron chi connectivity index (χ2n) is 7.48. The maximum atomic E-state index is 11.6. The van der Waals surface area contributed by atoms with E-state index >= 15 is 0 Å². The van der Waals surface area contributed by atoms with Gasteiger partial charge in [-0.15, -0.1) is 24.8 Å². The lowest BCUT2D eigenvalue weighted by molar-refractivity contribution is 0.133. The molecular formula is C23H33Cl2N3O3S. The fourth-order valence-electron chi connectivity index (χ4n) is 3.40. The molecule has 1 aromatic heterocycles. The second kappa shape index (κ2) is 15.1. The monoisotopic (exact) mass is 501 g/mol. The number of nitrogens with two attached hydrogens (primary N) is 1. The van der Waals surface area contributed by atoms with Gasteiger partial charge in [-0.25, -0.2) is 0 Å². The van der Waals surface area contributed by atoms with Crippen LogP contribution in [0.15, 0.2) is 41.2 Å². The third-order valence-electron chi connectivity index (χ3n) is 5.12. The molecular weight excluding hydrogens is 469 g/mol. The number of nitrogens with one attached hydrogen (secondary N) is 2. The minimum Gasteiger partial charge on any atom is -0.506 e. The highest BCUT2D eigenvalue weighted by molar-refractivity contribution is 7.16. The van der Waals surface area contributed by atoms with Crippen molar-refractivity contribution in [2.75, 3.05) is 32.0 Å². The number of aromatic amines is 1. The van der Waals surface area contributed by atoms with Crippen LogP contribution in [0.2, 0.25) is 0 Å². The Kier molecular flexibility index (Phi) is 13.4. The molecule has 32 heavy (non-hydrogen) atoms. The Morgan fingerprint density at radius 1 is 0.938 bits per heavy atom. The number of hydrogen-bond acceptors (Lipinski definition) is 6. The maximum Gasteiger partial charge on any atom is 0.305 e. The van der Waals surface area contributed by atoms with Crippen LogP contribution in [0.3, 0.4) is 0 Å². The van der Waals surface area contributed by atoms with Gasteiger partial charge in [-0.2, -0.15) is 0 Å². The van der Waals surface area contributed by atoms with E-state index in [2.05, 4.69) is 22.4 Å². The highest BCUT2D eigenvalue weighted by atomic mass is 35.5. The molecule has 6 nitrogen and oxygen atoms in total. The number of anilines is 1. The number of aromatic hydroxyl groups is 1. The first-order valence-electron chi connectivity index (χ1n) is 10.6. The molecule has 0 spiro atoms. The van der Waals surface area contributed by atoms with Crippen molar-refractivity contribution in [1.29, 1.82) is 0 Å². The van der Waals surface area contributed by atoms with Gasteiger partial charge in [0.1, 0.15) is 11.3 Å². The minimum absolute atomic E-state index is 0. The number of halogens is 2. The lowest BCUT2D eigenvalue weighted by Crippen LogP contribution is -2.18. The molecule has 0 bridgehead atoms. The number of phenolic OH excluding ortho intramolecular Hbond substituents is 1. The van der Waals surface area contributed by atoms with E-state index in [0.29, 0.717) is 5.52 Å². The average molecular weight is 503 g/mol. The Morgan fingerprint density at radius 2 is 1.69 bits per heavy atom. The Morgan fingerprint density at radius 3 is 2.47 bits per heavy atom. The molecule has 1 heterocycles. The van der Waals surface area contributed by atoms with Crippen LogP contribution >= 0.6 is 36.2 Å². The smallest absolute Gasteiger partial charge is 0.305 e. The molecule has 3 aromatic rings. The van der Waals surface area contributed by atoms with Crippen molar-refractivity contribution in [3.8, 4) is 5.75 Å². The molecule has 0 atom stereocenters. The number of phenols is 1. The largest absolute Gasteiger partial charge is 0.506 e. The van der Waals surface area contributed by atoms with E-state index in [-0.39, 0.29) is 35.4 Å². The van der Waals surface area contributed by atoms with Gasteiger partial charge in [-0.05, 0) is 68.1 Å². The molecule has 9 heteroatoms. The number of thiazole rings is 1. The highest BCUT2D eigenvalue weighted by Gasteiger charge is 2.09. The van der Waals surface area contributed by atoms with Crippen LogP contribution in [0.1, 0.15) is 36.8 Å². The van der Waals surface area contributed by atoms with Gasteiger partial charge in [0.2, 0.25) is 0 Å². The molecule has 0 aliphatic carbocycles. The molecule has 0 saturated carbocycles. The van der Waals surface area contributed by atoms with E-state index in [0.717, 1.165) is 79.3 Å². The number of fused-ring (bicyclic) bond motifs is 1. The van der Waals surface area contributed by atoms with Gasteiger partial charge in [0.05, 0.1) is 11.3 Å². The van der Waals surface area contributed by atoms with Crippen LogP contribution < -0.4 is 15.9 Å². The SMILES string of the molecule is Cl.Cl.Nc1ccc(CCOCCCCCCNCCc2ccc(O)c3[nH]c(=O)sc23)cc1. The fraction of sp³-hybridized carbons (Fsp3) is 0.435. The van der Waals surface area contributed by atoms with Gasteiger partial charge in [-0.3, -0.25) is 4.79 Å². The third kappa shape index (κ3) is 9.00.